The summed E-state index contributed by atoms with van der Waals surface area (Å²) in [6.45, 7) is 9.48. The highest BCUT2D eigenvalue weighted by Gasteiger charge is 2.24. The van der Waals surface area contributed by atoms with E-state index >= 15 is 0 Å². The molecular weight excluding hydrogens is 532 g/mol. The van der Waals surface area contributed by atoms with Crippen molar-refractivity contribution in [1.29, 1.82) is 0 Å². The van der Waals surface area contributed by atoms with E-state index < -0.39 is 0 Å². The van der Waals surface area contributed by atoms with E-state index in [1.807, 2.05) is 0 Å². The van der Waals surface area contributed by atoms with Gasteiger partial charge in [0.25, 0.3) is 0 Å². The Morgan fingerprint density at radius 2 is 0.523 bits per heavy atom. The lowest BCUT2D eigenvalue weighted by atomic mass is 10.0. The van der Waals surface area contributed by atoms with E-state index in [0.717, 1.165) is 0 Å². The number of hydrogen-bond donors (Lipinski definition) is 0. The molecule has 2 heteroatoms. The molecule has 1 atom stereocenters. The first-order valence-electron chi connectivity index (χ1n) is 21.0. The maximum absolute atomic E-state index is 2.72. The zero-order valence-electron chi connectivity index (χ0n) is 31.1. The molecule has 262 valence electrons. The van der Waals surface area contributed by atoms with Crippen LogP contribution in [-0.4, -0.2) is 29.1 Å². The van der Waals surface area contributed by atoms with E-state index in [2.05, 4.69) is 43.0 Å². The minimum absolute atomic E-state index is 0.639. The average molecular weight is 617 g/mol. The van der Waals surface area contributed by atoms with E-state index in [1.165, 1.54) is 231 Å². The first-order chi connectivity index (χ1) is 21.8. The summed E-state index contributed by atoms with van der Waals surface area (Å²) in [5.41, 5.74) is 0. The Morgan fingerprint density at radius 3 is 0.795 bits per heavy atom. The van der Waals surface area contributed by atoms with Crippen LogP contribution in [0.2, 0.25) is 0 Å². The Kier molecular flexibility index (Phi) is 31.7. The van der Waals surface area contributed by atoms with Crippen molar-refractivity contribution in [2.45, 2.75) is 245 Å². The van der Waals surface area contributed by atoms with Crippen LogP contribution in [-0.2, 0) is 0 Å². The third-order valence-electron chi connectivity index (χ3n) is 10.3. The molecule has 0 bridgehead atoms. The van der Waals surface area contributed by atoms with Gasteiger partial charge in [-0.3, -0.25) is 0 Å². The predicted molar refractivity (Wildman–Crippen MR) is 200 cm³/mol. The van der Waals surface area contributed by atoms with Crippen molar-refractivity contribution in [3.63, 3.8) is 0 Å². The highest BCUT2D eigenvalue weighted by Crippen LogP contribution is 2.24. The van der Waals surface area contributed by atoms with E-state index in [9.17, 15) is 0 Å². The SMILES string of the molecule is CCCCCCCCCCCCCCCCCN1C=CN(CCCCCCCC)C1CCCCCCCCCCCCCC. The fourth-order valence-corrected chi connectivity index (χ4v) is 7.25. The molecule has 44 heavy (non-hydrogen) atoms. The molecule has 1 aliphatic heterocycles. The van der Waals surface area contributed by atoms with Crippen LogP contribution in [0.1, 0.15) is 239 Å². The molecule has 0 radical (unpaired) electrons. The van der Waals surface area contributed by atoms with Crippen molar-refractivity contribution in [2.24, 2.45) is 0 Å². The summed E-state index contributed by atoms with van der Waals surface area (Å²) in [5.74, 6) is 0. The second-order valence-electron chi connectivity index (χ2n) is 14.6. The second kappa shape index (κ2) is 33.7. The summed E-state index contributed by atoms with van der Waals surface area (Å²) < 4.78 is 0. The Hall–Kier alpha value is -0.660. The third kappa shape index (κ3) is 25.5. The fourth-order valence-electron chi connectivity index (χ4n) is 7.25. The summed E-state index contributed by atoms with van der Waals surface area (Å²) in [6, 6.07) is 0. The predicted octanol–water partition coefficient (Wildman–Crippen LogP) is 14.7. The van der Waals surface area contributed by atoms with Gasteiger partial charge in [-0.1, -0.05) is 213 Å². The Bertz CT molecular complexity index is 572. The van der Waals surface area contributed by atoms with E-state index in [1.54, 1.807) is 0 Å². The molecule has 0 saturated carbocycles. The molecule has 0 spiro atoms. The normalized spacial score (nSPS) is 14.8. The van der Waals surface area contributed by atoms with Crippen LogP contribution < -0.4 is 0 Å². The van der Waals surface area contributed by atoms with E-state index in [0.29, 0.717) is 6.17 Å². The molecule has 0 aromatic carbocycles. The summed E-state index contributed by atoms with van der Waals surface area (Å²) in [6.07, 6.45) is 54.4. The topological polar surface area (TPSA) is 6.48 Å². The van der Waals surface area contributed by atoms with Gasteiger partial charge in [0.05, 0.1) is 0 Å². The van der Waals surface area contributed by atoms with Crippen LogP contribution in [0.4, 0.5) is 0 Å². The molecule has 1 rings (SSSR count). The molecular formula is C42H84N2. The zero-order valence-corrected chi connectivity index (χ0v) is 31.1. The lowest BCUT2D eigenvalue weighted by Crippen LogP contribution is -2.39. The van der Waals surface area contributed by atoms with E-state index in [4.69, 9.17) is 0 Å². The van der Waals surface area contributed by atoms with Gasteiger partial charge < -0.3 is 9.80 Å². The Labute approximate surface area is 280 Å². The van der Waals surface area contributed by atoms with Gasteiger partial charge in [0, 0.05) is 25.5 Å². The van der Waals surface area contributed by atoms with Crippen LogP contribution in [0, 0.1) is 0 Å². The fraction of sp³-hybridized carbons (Fsp3) is 0.952. The lowest BCUT2D eigenvalue weighted by Gasteiger charge is -2.33. The maximum atomic E-state index is 2.72. The average Bonchev–Trinajstić information content (AvgIpc) is 3.42. The van der Waals surface area contributed by atoms with Crippen LogP contribution in [0.25, 0.3) is 0 Å². The Balaban J connectivity index is 2.15. The highest BCUT2D eigenvalue weighted by molar-refractivity contribution is 4.97. The van der Waals surface area contributed by atoms with Gasteiger partial charge in [-0.25, -0.2) is 0 Å². The monoisotopic (exact) mass is 617 g/mol. The van der Waals surface area contributed by atoms with Crippen molar-refractivity contribution < 1.29 is 0 Å². The number of nitrogens with zero attached hydrogens (tertiary/aromatic N) is 2. The smallest absolute Gasteiger partial charge is 0.101 e. The van der Waals surface area contributed by atoms with E-state index in [-0.39, 0.29) is 0 Å². The molecule has 0 saturated heterocycles. The highest BCUT2D eigenvalue weighted by atomic mass is 15.4. The Morgan fingerprint density at radius 1 is 0.295 bits per heavy atom. The molecule has 0 aromatic rings. The van der Waals surface area contributed by atoms with Gasteiger partial charge in [-0.05, 0) is 25.7 Å². The molecule has 0 amide bonds. The van der Waals surface area contributed by atoms with Gasteiger partial charge in [-0.2, -0.15) is 0 Å². The van der Waals surface area contributed by atoms with Crippen molar-refractivity contribution in [3.8, 4) is 0 Å². The lowest BCUT2D eigenvalue weighted by molar-refractivity contribution is 0.135. The summed E-state index contributed by atoms with van der Waals surface area (Å²) in [4.78, 5) is 5.43. The van der Waals surface area contributed by atoms with Crippen LogP contribution in [0.15, 0.2) is 12.4 Å². The molecule has 0 N–H and O–H groups in total. The van der Waals surface area contributed by atoms with Gasteiger partial charge >= 0.3 is 0 Å². The molecule has 1 heterocycles. The van der Waals surface area contributed by atoms with Gasteiger partial charge in [0.1, 0.15) is 6.17 Å². The summed E-state index contributed by atoms with van der Waals surface area (Å²) in [5, 5.41) is 0. The van der Waals surface area contributed by atoms with Crippen molar-refractivity contribution in [1.82, 2.24) is 9.80 Å². The van der Waals surface area contributed by atoms with Crippen molar-refractivity contribution in [2.75, 3.05) is 13.1 Å². The number of hydrogen-bond acceptors (Lipinski definition) is 2. The van der Waals surface area contributed by atoms with Crippen molar-refractivity contribution in [3.05, 3.63) is 12.4 Å². The van der Waals surface area contributed by atoms with Crippen LogP contribution >= 0.6 is 0 Å². The zero-order chi connectivity index (χ0) is 31.6. The van der Waals surface area contributed by atoms with Gasteiger partial charge in [0.2, 0.25) is 0 Å². The van der Waals surface area contributed by atoms with Crippen molar-refractivity contribution >= 4 is 0 Å². The van der Waals surface area contributed by atoms with Gasteiger partial charge in [-0.15, -0.1) is 0 Å². The maximum Gasteiger partial charge on any atom is 0.101 e. The molecule has 1 unspecified atom stereocenters. The molecule has 0 aromatic heterocycles. The molecule has 0 aliphatic carbocycles. The van der Waals surface area contributed by atoms with Crippen LogP contribution in [0.5, 0.6) is 0 Å². The first kappa shape index (κ1) is 41.4. The number of unbranched alkanes of at least 4 members (excludes halogenated alkanes) is 30. The van der Waals surface area contributed by atoms with Gasteiger partial charge in [0.15, 0.2) is 0 Å². The summed E-state index contributed by atoms with van der Waals surface area (Å²) in [7, 11) is 0. The molecule has 1 aliphatic rings. The molecule has 0 fully saturated rings. The largest absolute Gasteiger partial charge is 0.356 e. The standard InChI is InChI=1S/C42H84N2/c1-4-7-10-13-16-18-20-22-23-24-26-28-30-33-36-39-44-41-40-43(38-35-32-15-12-9-6-3)42(44)37-34-31-29-27-25-21-19-17-14-11-8-5-2/h40-42H,4-39H2,1-3H3. The van der Waals surface area contributed by atoms with Crippen LogP contribution in [0.3, 0.4) is 0 Å². The minimum Gasteiger partial charge on any atom is -0.356 e. The second-order valence-corrected chi connectivity index (χ2v) is 14.6. The third-order valence-corrected chi connectivity index (χ3v) is 10.3. The first-order valence-corrected chi connectivity index (χ1v) is 21.0. The minimum atomic E-state index is 0.639. The number of rotatable bonds is 36. The quantitative estimate of drug-likeness (QED) is 0.0646. The summed E-state index contributed by atoms with van der Waals surface area (Å²) >= 11 is 0. The molecule has 2 nitrogen and oxygen atoms in total.